The molecular weight excluding hydrogens is 164 g/mol. The van der Waals surface area contributed by atoms with Gasteiger partial charge >= 0.3 is 0 Å². The molecule has 2 unspecified atom stereocenters. The average Bonchev–Trinajstić information content (AvgIpc) is 1.99. The highest BCUT2D eigenvalue weighted by atomic mass is 16.3. The first-order valence-electron chi connectivity index (χ1n) is 4.91. The van der Waals surface area contributed by atoms with Gasteiger partial charge in [0.25, 0.3) is 0 Å². The van der Waals surface area contributed by atoms with Crippen molar-refractivity contribution in [1.29, 1.82) is 0 Å². The maximum absolute atomic E-state index is 11.8. The second-order valence-corrected chi connectivity index (χ2v) is 5.00. The van der Waals surface area contributed by atoms with Gasteiger partial charge < -0.3 is 5.11 Å². The molecule has 0 fully saturated rings. The van der Waals surface area contributed by atoms with Crippen LogP contribution in [0, 0.1) is 11.3 Å². The molecule has 0 aromatic heterocycles. The lowest BCUT2D eigenvalue weighted by Crippen LogP contribution is -2.49. The van der Waals surface area contributed by atoms with Crippen LogP contribution in [-0.2, 0) is 4.79 Å². The summed E-state index contributed by atoms with van der Waals surface area (Å²) in [5, 5.41) is 10.1. The van der Waals surface area contributed by atoms with Gasteiger partial charge in [-0.05, 0) is 18.8 Å². The molecule has 0 heterocycles. The molecule has 0 saturated heterocycles. The summed E-state index contributed by atoms with van der Waals surface area (Å²) in [6.07, 6.45) is 0.783. The van der Waals surface area contributed by atoms with Gasteiger partial charge in [-0.1, -0.05) is 34.6 Å². The third-order valence-corrected chi connectivity index (χ3v) is 3.00. The number of ketones is 1. The number of carbonyl (C=O) groups is 1. The molecule has 0 bridgehead atoms. The molecular formula is C11H22O2. The minimum atomic E-state index is -1.22. The van der Waals surface area contributed by atoms with Gasteiger partial charge in [-0.3, -0.25) is 4.79 Å². The summed E-state index contributed by atoms with van der Waals surface area (Å²) in [5.41, 5.74) is -1.62. The molecule has 0 aliphatic carbocycles. The highest BCUT2D eigenvalue weighted by Gasteiger charge is 2.43. The molecule has 2 nitrogen and oxygen atoms in total. The molecule has 0 radical (unpaired) electrons. The Kier molecular flexibility index (Phi) is 3.68. The normalized spacial score (nSPS) is 19.3. The summed E-state index contributed by atoms with van der Waals surface area (Å²) in [6, 6.07) is 0. The second kappa shape index (κ2) is 3.79. The predicted octanol–water partition coefficient (Wildman–Crippen LogP) is 2.40. The molecule has 0 saturated carbocycles. The molecule has 0 aromatic carbocycles. The minimum Gasteiger partial charge on any atom is -0.382 e. The first kappa shape index (κ1) is 12.6. The maximum Gasteiger partial charge on any atom is 0.167 e. The molecule has 0 aromatic rings. The van der Waals surface area contributed by atoms with Crippen molar-refractivity contribution >= 4 is 5.78 Å². The molecule has 2 heteroatoms. The van der Waals surface area contributed by atoms with E-state index in [1.165, 1.54) is 0 Å². The summed E-state index contributed by atoms with van der Waals surface area (Å²) in [5.74, 6) is -0.114. The summed E-state index contributed by atoms with van der Waals surface area (Å²) in [6.45, 7) is 11.1. The van der Waals surface area contributed by atoms with Crippen molar-refractivity contribution in [3.05, 3.63) is 0 Å². The topological polar surface area (TPSA) is 37.3 Å². The number of aliphatic hydroxyl groups is 1. The van der Waals surface area contributed by atoms with Crippen molar-refractivity contribution in [2.45, 2.75) is 53.6 Å². The highest BCUT2D eigenvalue weighted by molar-refractivity contribution is 5.89. The van der Waals surface area contributed by atoms with E-state index in [9.17, 15) is 9.90 Å². The molecule has 1 N–H and O–H groups in total. The zero-order chi connectivity index (χ0) is 10.9. The van der Waals surface area contributed by atoms with Gasteiger partial charge in [0.15, 0.2) is 5.78 Å². The van der Waals surface area contributed by atoms with Crippen molar-refractivity contribution in [3.8, 4) is 0 Å². The Bertz CT molecular complexity index is 187. The lowest BCUT2D eigenvalue weighted by Gasteiger charge is -2.37. The van der Waals surface area contributed by atoms with E-state index in [0.29, 0.717) is 0 Å². The second-order valence-electron chi connectivity index (χ2n) is 5.00. The molecule has 0 rings (SSSR count). The van der Waals surface area contributed by atoms with Crippen LogP contribution in [0.15, 0.2) is 0 Å². The Labute approximate surface area is 81.3 Å². The van der Waals surface area contributed by atoms with Crippen LogP contribution in [0.3, 0.4) is 0 Å². The molecule has 0 aliphatic heterocycles. The number of hydrogen-bond donors (Lipinski definition) is 1. The Morgan fingerprint density at radius 2 is 1.69 bits per heavy atom. The standard InChI is InChI=1S/C11H22O2/c1-7-8(2)9(12)11(6,13)10(3,4)5/h8,13H,7H2,1-6H3. The lowest BCUT2D eigenvalue weighted by atomic mass is 9.72. The number of hydrogen-bond acceptors (Lipinski definition) is 2. The highest BCUT2D eigenvalue weighted by Crippen LogP contribution is 2.33. The van der Waals surface area contributed by atoms with Gasteiger partial charge in [0.05, 0.1) is 0 Å². The number of Topliss-reactive ketones (excluding diaryl/α,β-unsaturated/α-hetero) is 1. The van der Waals surface area contributed by atoms with E-state index in [1.54, 1.807) is 6.92 Å². The van der Waals surface area contributed by atoms with Crippen molar-refractivity contribution in [2.24, 2.45) is 11.3 Å². The van der Waals surface area contributed by atoms with Crippen LogP contribution >= 0.6 is 0 Å². The van der Waals surface area contributed by atoms with Gasteiger partial charge in [0, 0.05) is 5.92 Å². The lowest BCUT2D eigenvalue weighted by molar-refractivity contribution is -0.150. The minimum absolute atomic E-state index is 0.0532. The van der Waals surface area contributed by atoms with E-state index in [0.717, 1.165) is 6.42 Å². The number of rotatable bonds is 3. The fourth-order valence-corrected chi connectivity index (χ4v) is 1.03. The Hall–Kier alpha value is -0.370. The van der Waals surface area contributed by atoms with Crippen LogP contribution in [0.2, 0.25) is 0 Å². The summed E-state index contributed by atoms with van der Waals surface area (Å²) in [4.78, 5) is 11.8. The fraction of sp³-hybridized carbons (Fsp3) is 0.909. The third-order valence-electron chi connectivity index (χ3n) is 3.00. The SMILES string of the molecule is CCC(C)C(=O)C(C)(O)C(C)(C)C. The molecule has 0 spiro atoms. The van der Waals surface area contributed by atoms with Gasteiger partial charge in [-0.25, -0.2) is 0 Å². The molecule has 78 valence electrons. The third kappa shape index (κ3) is 2.53. The van der Waals surface area contributed by atoms with Crippen molar-refractivity contribution in [1.82, 2.24) is 0 Å². The van der Waals surface area contributed by atoms with E-state index < -0.39 is 11.0 Å². The largest absolute Gasteiger partial charge is 0.382 e. The first-order chi connectivity index (χ1) is 5.64. The van der Waals surface area contributed by atoms with Crippen LogP contribution in [-0.4, -0.2) is 16.5 Å². The van der Waals surface area contributed by atoms with Gasteiger partial charge in [-0.2, -0.15) is 0 Å². The number of carbonyl (C=O) groups excluding carboxylic acids is 1. The van der Waals surface area contributed by atoms with E-state index in [4.69, 9.17) is 0 Å². The maximum atomic E-state index is 11.8. The summed E-state index contributed by atoms with van der Waals surface area (Å²) < 4.78 is 0. The first-order valence-corrected chi connectivity index (χ1v) is 4.91. The fourth-order valence-electron chi connectivity index (χ4n) is 1.03. The summed E-state index contributed by atoms with van der Waals surface area (Å²) >= 11 is 0. The van der Waals surface area contributed by atoms with Crippen molar-refractivity contribution in [3.63, 3.8) is 0 Å². The van der Waals surface area contributed by atoms with Gasteiger partial charge in [0.2, 0.25) is 0 Å². The van der Waals surface area contributed by atoms with E-state index in [-0.39, 0.29) is 11.7 Å². The van der Waals surface area contributed by atoms with Crippen LogP contribution in [0.25, 0.3) is 0 Å². The van der Waals surface area contributed by atoms with Crippen molar-refractivity contribution < 1.29 is 9.90 Å². The van der Waals surface area contributed by atoms with Crippen molar-refractivity contribution in [2.75, 3.05) is 0 Å². The van der Waals surface area contributed by atoms with Crippen LogP contribution < -0.4 is 0 Å². The zero-order valence-electron chi connectivity index (χ0n) is 9.64. The van der Waals surface area contributed by atoms with Crippen LogP contribution in [0.5, 0.6) is 0 Å². The Morgan fingerprint density at radius 3 is 1.92 bits per heavy atom. The molecule has 0 amide bonds. The van der Waals surface area contributed by atoms with Crippen LogP contribution in [0.1, 0.15) is 48.0 Å². The van der Waals surface area contributed by atoms with E-state index in [1.807, 2.05) is 34.6 Å². The summed E-state index contributed by atoms with van der Waals surface area (Å²) in [7, 11) is 0. The molecule has 0 aliphatic rings. The zero-order valence-corrected chi connectivity index (χ0v) is 9.64. The monoisotopic (exact) mass is 186 g/mol. The van der Waals surface area contributed by atoms with Crippen LogP contribution in [0.4, 0.5) is 0 Å². The van der Waals surface area contributed by atoms with E-state index >= 15 is 0 Å². The Balaban J connectivity index is 4.75. The Morgan fingerprint density at radius 1 is 1.31 bits per heavy atom. The van der Waals surface area contributed by atoms with Gasteiger partial charge in [-0.15, -0.1) is 0 Å². The smallest absolute Gasteiger partial charge is 0.167 e. The van der Waals surface area contributed by atoms with E-state index in [2.05, 4.69) is 0 Å². The average molecular weight is 186 g/mol. The quantitative estimate of drug-likeness (QED) is 0.735. The molecule has 13 heavy (non-hydrogen) atoms. The van der Waals surface area contributed by atoms with Gasteiger partial charge in [0.1, 0.15) is 5.60 Å². The molecule has 2 atom stereocenters. The predicted molar refractivity (Wildman–Crippen MR) is 54.5 cm³/mol.